The van der Waals surface area contributed by atoms with Crippen molar-refractivity contribution in [2.45, 2.75) is 38.5 Å². The minimum Gasteiger partial charge on any atom is -0.0619 e. The largest absolute Gasteiger partial charge is 0.0619 e. The van der Waals surface area contributed by atoms with Gasteiger partial charge in [0.25, 0.3) is 0 Å². The van der Waals surface area contributed by atoms with Crippen LogP contribution in [0, 0.1) is 0 Å². The van der Waals surface area contributed by atoms with E-state index in [9.17, 15) is 0 Å². The predicted molar refractivity (Wildman–Crippen MR) is 100.0 cm³/mol. The highest BCUT2D eigenvalue weighted by molar-refractivity contribution is 5.68. The molecule has 3 aliphatic carbocycles. The lowest BCUT2D eigenvalue weighted by Gasteiger charge is -2.42. The molecule has 24 heavy (non-hydrogen) atoms. The first-order chi connectivity index (χ1) is 11.8. The van der Waals surface area contributed by atoms with Gasteiger partial charge >= 0.3 is 0 Å². The highest BCUT2D eigenvalue weighted by Gasteiger charge is 2.40. The van der Waals surface area contributed by atoms with E-state index in [2.05, 4.69) is 74.5 Å². The quantitative estimate of drug-likeness (QED) is 0.386. The third-order valence-corrected chi connectivity index (χ3v) is 5.98. The first kappa shape index (κ1) is 14.0. The van der Waals surface area contributed by atoms with Crippen molar-refractivity contribution in [1.29, 1.82) is 0 Å². The van der Waals surface area contributed by atoms with Crippen LogP contribution in [0.5, 0.6) is 0 Å². The van der Waals surface area contributed by atoms with E-state index in [4.69, 9.17) is 0 Å². The summed E-state index contributed by atoms with van der Waals surface area (Å²) in [4.78, 5) is 0. The molecule has 0 saturated carbocycles. The molecule has 2 bridgehead atoms. The van der Waals surface area contributed by atoms with E-state index in [1.165, 1.54) is 44.5 Å². The lowest BCUT2D eigenvalue weighted by Crippen LogP contribution is -2.27. The molecular formula is C24H22. The molecule has 0 spiro atoms. The zero-order chi connectivity index (χ0) is 16.3. The summed E-state index contributed by atoms with van der Waals surface area (Å²) in [6.45, 7) is 4.50. The highest BCUT2D eigenvalue weighted by atomic mass is 14.4. The van der Waals surface area contributed by atoms with E-state index in [1.54, 1.807) is 0 Å². The summed E-state index contributed by atoms with van der Waals surface area (Å²) in [5.41, 5.74) is 12.0. The van der Waals surface area contributed by atoms with Crippen molar-refractivity contribution in [3.05, 3.63) is 105 Å². The second kappa shape index (κ2) is 5.08. The van der Waals surface area contributed by atoms with Crippen LogP contribution in [0.1, 0.15) is 70.2 Å². The normalized spacial score (nSPS) is 19.6. The first-order valence-electron chi connectivity index (χ1n) is 9.16. The molecule has 0 aromatic heterocycles. The van der Waals surface area contributed by atoms with Gasteiger partial charge in [0.05, 0.1) is 0 Å². The zero-order valence-electron chi connectivity index (χ0n) is 14.3. The van der Waals surface area contributed by atoms with Crippen molar-refractivity contribution in [2.24, 2.45) is 0 Å². The lowest BCUT2D eigenvalue weighted by molar-refractivity contribution is 0.749. The second-order valence-electron chi connectivity index (χ2n) is 7.13. The number of hydrogen-bond donors (Lipinski definition) is 0. The lowest BCUT2D eigenvalue weighted by atomic mass is 9.60. The van der Waals surface area contributed by atoms with Gasteiger partial charge in [-0.3, -0.25) is 0 Å². The predicted octanol–water partition coefficient (Wildman–Crippen LogP) is 5.80. The number of benzene rings is 3. The van der Waals surface area contributed by atoms with Gasteiger partial charge in [0.1, 0.15) is 0 Å². The van der Waals surface area contributed by atoms with Crippen molar-refractivity contribution in [2.75, 3.05) is 0 Å². The van der Waals surface area contributed by atoms with Crippen LogP contribution in [0.15, 0.2) is 60.7 Å². The fourth-order valence-corrected chi connectivity index (χ4v) is 4.76. The molecule has 0 amide bonds. The molecule has 0 heterocycles. The summed E-state index contributed by atoms with van der Waals surface area (Å²) in [6, 6.07) is 23.4. The molecule has 0 aliphatic heterocycles. The van der Waals surface area contributed by atoms with Gasteiger partial charge < -0.3 is 0 Å². The molecule has 0 saturated heterocycles. The number of hydrogen-bond acceptors (Lipinski definition) is 0. The Bertz CT molecular complexity index is 870. The Hall–Kier alpha value is -2.34. The highest BCUT2D eigenvalue weighted by Crippen LogP contribution is 2.55. The average molecular weight is 310 g/mol. The van der Waals surface area contributed by atoms with Crippen LogP contribution in [0.3, 0.4) is 0 Å². The maximum atomic E-state index is 2.46. The maximum Gasteiger partial charge on any atom is 0.0349 e. The van der Waals surface area contributed by atoms with Crippen LogP contribution < -0.4 is 0 Å². The first-order valence-corrected chi connectivity index (χ1v) is 9.16. The minimum atomic E-state index is 0.411. The van der Waals surface area contributed by atoms with Crippen molar-refractivity contribution in [3.8, 4) is 0 Å². The van der Waals surface area contributed by atoms with E-state index in [0.717, 1.165) is 12.8 Å². The monoisotopic (exact) mass is 310 g/mol. The van der Waals surface area contributed by atoms with Gasteiger partial charge in [-0.1, -0.05) is 74.5 Å². The average Bonchev–Trinajstić information content (AvgIpc) is 2.66. The van der Waals surface area contributed by atoms with E-state index in [1.807, 2.05) is 0 Å². The molecule has 2 unspecified atom stereocenters. The van der Waals surface area contributed by atoms with Gasteiger partial charge in [-0.25, -0.2) is 0 Å². The van der Waals surface area contributed by atoms with Gasteiger partial charge in [-0.05, 0) is 57.3 Å². The van der Waals surface area contributed by atoms with E-state index in [0.29, 0.717) is 11.8 Å². The molecule has 3 aliphatic rings. The van der Waals surface area contributed by atoms with E-state index in [-0.39, 0.29) is 0 Å². The molecule has 0 fully saturated rings. The number of rotatable bonds is 2. The Morgan fingerprint density at radius 2 is 0.958 bits per heavy atom. The molecule has 6 rings (SSSR count). The van der Waals surface area contributed by atoms with E-state index < -0.39 is 0 Å². The number of aryl methyl sites for hydroxylation is 2. The Morgan fingerprint density at radius 1 is 0.542 bits per heavy atom. The van der Waals surface area contributed by atoms with Crippen molar-refractivity contribution in [1.82, 2.24) is 0 Å². The molecule has 3 aromatic carbocycles. The van der Waals surface area contributed by atoms with Crippen molar-refractivity contribution >= 4 is 0 Å². The molecule has 0 nitrogen and oxygen atoms in total. The summed E-state index contributed by atoms with van der Waals surface area (Å²) in [5, 5.41) is 0. The van der Waals surface area contributed by atoms with Gasteiger partial charge in [0, 0.05) is 11.8 Å². The summed E-state index contributed by atoms with van der Waals surface area (Å²) in [5.74, 6) is 0.821. The fraction of sp³-hybridized carbons (Fsp3) is 0.250. The van der Waals surface area contributed by atoms with Gasteiger partial charge in [-0.15, -0.1) is 0 Å². The smallest absolute Gasteiger partial charge is 0.0349 e. The molecule has 0 radical (unpaired) electrons. The molecule has 2 atom stereocenters. The van der Waals surface area contributed by atoms with Crippen LogP contribution in [-0.2, 0) is 12.8 Å². The topological polar surface area (TPSA) is 0 Å². The standard InChI is InChI=1S/C24H22/c1-3-15-9-11-19-21(13-15)23-17-7-5-6-8-18(17)24(19)22-14-16(4-2)10-12-20(22)23/h5-14,23-24H,3-4H2,1-2H3. The molecular weight excluding hydrogens is 288 g/mol. The second-order valence-corrected chi connectivity index (χ2v) is 7.13. The van der Waals surface area contributed by atoms with Crippen LogP contribution in [0.4, 0.5) is 0 Å². The molecule has 0 N–H and O–H groups in total. The fourth-order valence-electron chi connectivity index (χ4n) is 4.76. The third-order valence-electron chi connectivity index (χ3n) is 5.98. The van der Waals surface area contributed by atoms with Crippen LogP contribution in [0.25, 0.3) is 0 Å². The summed E-state index contributed by atoms with van der Waals surface area (Å²) in [7, 11) is 0. The van der Waals surface area contributed by atoms with E-state index >= 15 is 0 Å². The van der Waals surface area contributed by atoms with Crippen molar-refractivity contribution < 1.29 is 0 Å². The SMILES string of the molecule is CCc1ccc2c(c1)C1c3ccccc3C2c2cc(CC)ccc21. The zero-order valence-corrected chi connectivity index (χ0v) is 14.3. The summed E-state index contributed by atoms with van der Waals surface area (Å²) >= 11 is 0. The molecule has 0 heteroatoms. The molecule has 118 valence electrons. The summed E-state index contributed by atoms with van der Waals surface area (Å²) in [6.07, 6.45) is 2.21. The molecule has 3 aromatic rings. The van der Waals surface area contributed by atoms with Crippen LogP contribution >= 0.6 is 0 Å². The van der Waals surface area contributed by atoms with Gasteiger partial charge in [-0.2, -0.15) is 0 Å². The minimum absolute atomic E-state index is 0.411. The third kappa shape index (κ3) is 1.74. The Morgan fingerprint density at radius 3 is 1.38 bits per heavy atom. The van der Waals surface area contributed by atoms with Crippen LogP contribution in [0.2, 0.25) is 0 Å². The summed E-state index contributed by atoms with van der Waals surface area (Å²) < 4.78 is 0. The Balaban J connectivity index is 1.83. The van der Waals surface area contributed by atoms with Gasteiger partial charge in [0.2, 0.25) is 0 Å². The van der Waals surface area contributed by atoms with Crippen LogP contribution in [-0.4, -0.2) is 0 Å². The Kier molecular flexibility index (Phi) is 2.97. The van der Waals surface area contributed by atoms with Gasteiger partial charge in [0.15, 0.2) is 0 Å². The maximum absolute atomic E-state index is 2.46. The van der Waals surface area contributed by atoms with Crippen molar-refractivity contribution in [3.63, 3.8) is 0 Å². The Labute approximate surface area is 144 Å².